The molecule has 1 amide bonds. The molecule has 0 saturated carbocycles. The first-order valence-corrected chi connectivity index (χ1v) is 12.6. The molecule has 1 N–H and O–H groups in total. The van der Waals surface area contributed by atoms with Gasteiger partial charge in [-0.1, -0.05) is 42.5 Å². The van der Waals surface area contributed by atoms with Crippen LogP contribution in [0.5, 0.6) is 5.75 Å². The van der Waals surface area contributed by atoms with Gasteiger partial charge in [0.1, 0.15) is 12.4 Å². The van der Waals surface area contributed by atoms with Crippen molar-refractivity contribution < 1.29 is 19.1 Å². The lowest BCUT2D eigenvalue weighted by molar-refractivity contribution is -0.124. The number of rotatable bonds is 10. The molecule has 0 aliphatic rings. The van der Waals surface area contributed by atoms with Gasteiger partial charge in [0.25, 0.3) is 5.91 Å². The highest BCUT2D eigenvalue weighted by Gasteiger charge is 2.13. The number of benzene rings is 3. The van der Waals surface area contributed by atoms with Crippen molar-refractivity contribution in [2.24, 2.45) is 0 Å². The summed E-state index contributed by atoms with van der Waals surface area (Å²) in [5.41, 5.74) is 3.62. The highest BCUT2D eigenvalue weighted by Crippen LogP contribution is 2.35. The zero-order valence-electron chi connectivity index (χ0n) is 19.1. The van der Waals surface area contributed by atoms with Crippen LogP contribution >= 0.6 is 31.9 Å². The zero-order valence-corrected chi connectivity index (χ0v) is 22.3. The molecule has 34 heavy (non-hydrogen) atoms. The number of nitrogens with one attached hydrogen (secondary N) is 1. The Morgan fingerprint density at radius 1 is 0.941 bits per heavy atom. The van der Waals surface area contributed by atoms with Gasteiger partial charge in [-0.2, -0.15) is 0 Å². The van der Waals surface area contributed by atoms with Gasteiger partial charge in [-0.05, 0) is 99.5 Å². The first kappa shape index (κ1) is 26.0. The summed E-state index contributed by atoms with van der Waals surface area (Å²) in [6.07, 6.45) is 1.68. The van der Waals surface area contributed by atoms with Crippen molar-refractivity contribution in [2.45, 2.75) is 39.3 Å². The number of ether oxygens (including phenoxy) is 2. The molecule has 0 heterocycles. The normalized spacial score (nSPS) is 11.5. The molecule has 0 aliphatic carbocycles. The summed E-state index contributed by atoms with van der Waals surface area (Å²) in [7, 11) is 0. The minimum Gasteiger partial charge on any atom is -0.487 e. The zero-order chi connectivity index (χ0) is 24.5. The number of halogens is 2. The van der Waals surface area contributed by atoms with Crippen LogP contribution in [0.4, 0.5) is 0 Å². The number of carbonyl (C=O) groups is 2. The minimum absolute atomic E-state index is 0.0145. The minimum atomic E-state index is -0.538. The van der Waals surface area contributed by atoms with E-state index < -0.39 is 5.97 Å². The summed E-state index contributed by atoms with van der Waals surface area (Å²) in [5, 5.41) is 2.87. The lowest BCUT2D eigenvalue weighted by Crippen LogP contribution is -2.36. The van der Waals surface area contributed by atoms with Crippen LogP contribution in [0.2, 0.25) is 0 Å². The van der Waals surface area contributed by atoms with Crippen LogP contribution < -0.4 is 10.1 Å². The number of carbonyl (C=O) groups excluding carboxylic acids is 2. The number of hydrogen-bond donors (Lipinski definition) is 1. The molecule has 178 valence electrons. The van der Waals surface area contributed by atoms with E-state index >= 15 is 0 Å². The predicted molar refractivity (Wildman–Crippen MR) is 140 cm³/mol. The first-order chi connectivity index (χ1) is 16.3. The van der Waals surface area contributed by atoms with Gasteiger partial charge in [-0.15, -0.1) is 0 Å². The Morgan fingerprint density at radius 3 is 2.24 bits per heavy atom. The van der Waals surface area contributed by atoms with Crippen LogP contribution in [0.15, 0.2) is 75.7 Å². The molecule has 0 saturated heterocycles. The molecule has 0 bridgehead atoms. The van der Waals surface area contributed by atoms with Crippen LogP contribution in [0.3, 0.4) is 0 Å². The Bertz CT molecular complexity index is 1090. The fourth-order valence-electron chi connectivity index (χ4n) is 3.35. The molecule has 0 unspecified atom stereocenters. The van der Waals surface area contributed by atoms with Gasteiger partial charge in [0.15, 0.2) is 6.61 Å². The van der Waals surface area contributed by atoms with Crippen molar-refractivity contribution in [1.29, 1.82) is 0 Å². The van der Waals surface area contributed by atoms with E-state index in [1.165, 1.54) is 5.56 Å². The van der Waals surface area contributed by atoms with Gasteiger partial charge < -0.3 is 14.8 Å². The molecule has 3 rings (SSSR count). The van der Waals surface area contributed by atoms with E-state index in [4.69, 9.17) is 9.47 Å². The largest absolute Gasteiger partial charge is 0.487 e. The van der Waals surface area contributed by atoms with Gasteiger partial charge in [0, 0.05) is 6.04 Å². The summed E-state index contributed by atoms with van der Waals surface area (Å²) in [4.78, 5) is 24.4. The summed E-state index contributed by atoms with van der Waals surface area (Å²) in [5.74, 6) is -0.130. The maximum Gasteiger partial charge on any atom is 0.338 e. The smallest absolute Gasteiger partial charge is 0.338 e. The second-order valence-electron chi connectivity index (χ2n) is 8.11. The predicted octanol–water partition coefficient (Wildman–Crippen LogP) is 6.39. The molecular weight excluding hydrogens is 562 g/mol. The molecule has 0 radical (unpaired) electrons. The average molecular weight is 589 g/mol. The van der Waals surface area contributed by atoms with E-state index in [0.717, 1.165) is 38.7 Å². The Morgan fingerprint density at radius 2 is 1.59 bits per heavy atom. The van der Waals surface area contributed by atoms with E-state index in [0.29, 0.717) is 12.2 Å². The molecule has 5 nitrogen and oxygen atoms in total. The lowest BCUT2D eigenvalue weighted by atomic mass is 10.1. The number of esters is 1. The van der Waals surface area contributed by atoms with E-state index in [9.17, 15) is 9.59 Å². The van der Waals surface area contributed by atoms with E-state index in [-0.39, 0.29) is 18.6 Å². The monoisotopic (exact) mass is 587 g/mol. The van der Waals surface area contributed by atoms with Crippen LogP contribution in [0.25, 0.3) is 0 Å². The van der Waals surface area contributed by atoms with Crippen molar-refractivity contribution in [3.63, 3.8) is 0 Å². The maximum absolute atomic E-state index is 12.3. The Balaban J connectivity index is 1.42. The fourth-order valence-corrected chi connectivity index (χ4v) is 4.99. The van der Waals surface area contributed by atoms with Gasteiger partial charge >= 0.3 is 5.97 Å². The van der Waals surface area contributed by atoms with Gasteiger partial charge in [0.2, 0.25) is 0 Å². The quantitative estimate of drug-likeness (QED) is 0.279. The molecule has 7 heteroatoms. The topological polar surface area (TPSA) is 64.6 Å². The summed E-state index contributed by atoms with van der Waals surface area (Å²) >= 11 is 7.03. The van der Waals surface area contributed by atoms with Crippen LogP contribution in [0.1, 0.15) is 40.4 Å². The second kappa shape index (κ2) is 12.7. The molecule has 3 aromatic carbocycles. The van der Waals surface area contributed by atoms with Crippen molar-refractivity contribution >= 4 is 43.7 Å². The fraction of sp³-hybridized carbons (Fsp3) is 0.259. The highest BCUT2D eigenvalue weighted by atomic mass is 79.9. The van der Waals surface area contributed by atoms with Crippen molar-refractivity contribution in [3.05, 3.63) is 97.9 Å². The lowest BCUT2D eigenvalue weighted by Gasteiger charge is -2.14. The number of aryl methyl sites for hydroxylation is 2. The second-order valence-corrected chi connectivity index (χ2v) is 9.82. The maximum atomic E-state index is 12.3. The van der Waals surface area contributed by atoms with E-state index in [2.05, 4.69) is 49.3 Å². The molecule has 0 fully saturated rings. The molecular formula is C27H27Br2NO4. The SMILES string of the molecule is Cc1cc(Br)c(OCc2ccc(C(=O)OCC(=O)N[C@@H](C)CCc3ccccc3)cc2)c(Br)c1. The average Bonchev–Trinajstić information content (AvgIpc) is 2.81. The molecule has 0 aromatic heterocycles. The molecule has 0 spiro atoms. The van der Waals surface area contributed by atoms with Gasteiger partial charge in [-0.3, -0.25) is 4.79 Å². The highest BCUT2D eigenvalue weighted by molar-refractivity contribution is 9.11. The third-order valence-corrected chi connectivity index (χ3v) is 6.34. The molecule has 3 aromatic rings. The summed E-state index contributed by atoms with van der Waals surface area (Å²) < 4.78 is 12.8. The van der Waals surface area contributed by atoms with Crippen LogP contribution in [0, 0.1) is 6.92 Å². The summed E-state index contributed by atoms with van der Waals surface area (Å²) in [6, 6.07) is 21.0. The Kier molecular flexibility index (Phi) is 9.72. The van der Waals surface area contributed by atoms with E-state index in [1.54, 1.807) is 24.3 Å². The Labute approximate surface area is 217 Å². The number of hydrogen-bond acceptors (Lipinski definition) is 4. The van der Waals surface area contributed by atoms with E-state index in [1.807, 2.05) is 44.2 Å². The molecule has 0 aliphatic heterocycles. The van der Waals surface area contributed by atoms with Gasteiger partial charge in [-0.25, -0.2) is 4.79 Å². The summed E-state index contributed by atoms with van der Waals surface area (Å²) in [6.45, 7) is 3.98. The van der Waals surface area contributed by atoms with Crippen molar-refractivity contribution in [2.75, 3.05) is 6.61 Å². The standard InChI is InChI=1S/C27H27Br2NO4/c1-18-14-23(28)26(24(29)15-18)33-16-21-10-12-22(13-11-21)27(32)34-17-25(31)30-19(2)8-9-20-6-4-3-5-7-20/h3-7,10-15,19H,8-9,16-17H2,1-2H3,(H,30,31)/t19-/m0/s1. The van der Waals surface area contributed by atoms with Crippen molar-refractivity contribution in [3.8, 4) is 5.75 Å². The third-order valence-electron chi connectivity index (χ3n) is 5.17. The third kappa shape index (κ3) is 7.99. The Hall–Kier alpha value is -2.64. The van der Waals surface area contributed by atoms with Crippen molar-refractivity contribution in [1.82, 2.24) is 5.32 Å². The first-order valence-electron chi connectivity index (χ1n) is 11.0. The van der Waals surface area contributed by atoms with Crippen LogP contribution in [-0.4, -0.2) is 24.5 Å². The molecule has 1 atom stereocenters. The number of amides is 1. The van der Waals surface area contributed by atoms with Crippen LogP contribution in [-0.2, 0) is 22.6 Å². The van der Waals surface area contributed by atoms with Gasteiger partial charge in [0.05, 0.1) is 14.5 Å².